The number of nitrogens with zero attached hydrogens (tertiary/aromatic N) is 1. The summed E-state index contributed by atoms with van der Waals surface area (Å²) in [6.45, 7) is 4.82. The first-order valence-corrected chi connectivity index (χ1v) is 6.06. The monoisotopic (exact) mass is 197 g/mol. The van der Waals surface area contributed by atoms with E-state index in [0.717, 1.165) is 12.0 Å². The highest BCUT2D eigenvalue weighted by Crippen LogP contribution is 2.29. The molecule has 2 nitrogen and oxygen atoms in total. The lowest BCUT2D eigenvalue weighted by atomic mass is 9.87. The summed E-state index contributed by atoms with van der Waals surface area (Å²) in [5.74, 6) is 0.965. The maximum atomic E-state index is 5.41. The zero-order chi connectivity index (χ0) is 9.97. The van der Waals surface area contributed by atoms with Crippen molar-refractivity contribution in [2.75, 3.05) is 20.2 Å². The van der Waals surface area contributed by atoms with Gasteiger partial charge in [-0.15, -0.1) is 0 Å². The smallest absolute Gasteiger partial charge is 0.0710 e. The van der Waals surface area contributed by atoms with E-state index in [4.69, 9.17) is 4.74 Å². The van der Waals surface area contributed by atoms with Crippen LogP contribution in [0.1, 0.15) is 39.0 Å². The van der Waals surface area contributed by atoms with Gasteiger partial charge < -0.3 is 4.74 Å². The van der Waals surface area contributed by atoms with E-state index in [1.807, 2.05) is 7.11 Å². The Morgan fingerprint density at radius 1 is 1.07 bits per heavy atom. The third kappa shape index (κ3) is 2.29. The largest absolute Gasteiger partial charge is 0.380 e. The Hall–Kier alpha value is -0.0800. The molecule has 0 aromatic rings. The second-order valence-electron chi connectivity index (χ2n) is 5.06. The molecule has 1 saturated carbocycles. The molecule has 2 fully saturated rings. The molecule has 1 saturated heterocycles. The Bertz CT molecular complexity index is 175. The number of rotatable bonds is 2. The second kappa shape index (κ2) is 4.63. The first kappa shape index (κ1) is 10.4. The van der Waals surface area contributed by atoms with Gasteiger partial charge in [-0.25, -0.2) is 0 Å². The Morgan fingerprint density at radius 2 is 1.79 bits per heavy atom. The molecule has 14 heavy (non-hydrogen) atoms. The van der Waals surface area contributed by atoms with Crippen molar-refractivity contribution in [2.45, 2.75) is 51.2 Å². The van der Waals surface area contributed by atoms with Crippen LogP contribution in [0.25, 0.3) is 0 Å². The van der Waals surface area contributed by atoms with Crippen LogP contribution in [-0.4, -0.2) is 37.2 Å². The van der Waals surface area contributed by atoms with Crippen LogP contribution in [0.2, 0.25) is 0 Å². The molecule has 0 radical (unpaired) electrons. The van der Waals surface area contributed by atoms with Gasteiger partial charge in [-0.05, 0) is 38.0 Å². The molecule has 0 unspecified atom stereocenters. The van der Waals surface area contributed by atoms with Crippen LogP contribution >= 0.6 is 0 Å². The van der Waals surface area contributed by atoms with E-state index in [1.54, 1.807) is 0 Å². The van der Waals surface area contributed by atoms with Gasteiger partial charge in [-0.1, -0.05) is 6.92 Å². The van der Waals surface area contributed by atoms with Crippen LogP contribution < -0.4 is 0 Å². The molecule has 2 heteroatoms. The molecule has 1 aliphatic heterocycles. The van der Waals surface area contributed by atoms with Crippen molar-refractivity contribution in [3.05, 3.63) is 0 Å². The third-order valence-electron chi connectivity index (χ3n) is 4.01. The maximum absolute atomic E-state index is 5.41. The minimum atomic E-state index is 0.509. The van der Waals surface area contributed by atoms with Gasteiger partial charge in [0.05, 0.1) is 6.10 Å². The fourth-order valence-corrected chi connectivity index (χ4v) is 2.89. The summed E-state index contributed by atoms with van der Waals surface area (Å²) in [5, 5.41) is 0. The molecular formula is C12H23NO. The van der Waals surface area contributed by atoms with E-state index in [-0.39, 0.29) is 0 Å². The maximum Gasteiger partial charge on any atom is 0.0710 e. The van der Waals surface area contributed by atoms with Gasteiger partial charge in [-0.2, -0.15) is 0 Å². The molecule has 2 aliphatic rings. The molecule has 0 aromatic heterocycles. The van der Waals surface area contributed by atoms with Gasteiger partial charge in [0.25, 0.3) is 0 Å². The number of likely N-dealkylation sites (tertiary alicyclic amines) is 1. The summed E-state index contributed by atoms with van der Waals surface area (Å²) in [7, 11) is 1.84. The average Bonchev–Trinajstić information content (AvgIpc) is 2.67. The van der Waals surface area contributed by atoms with Crippen molar-refractivity contribution in [2.24, 2.45) is 5.92 Å². The topological polar surface area (TPSA) is 12.5 Å². The van der Waals surface area contributed by atoms with Crippen molar-refractivity contribution in [3.63, 3.8) is 0 Å². The van der Waals surface area contributed by atoms with E-state index in [9.17, 15) is 0 Å². The molecule has 0 N–H and O–H groups in total. The minimum absolute atomic E-state index is 0.509. The van der Waals surface area contributed by atoms with Crippen LogP contribution in [-0.2, 0) is 4.74 Å². The van der Waals surface area contributed by atoms with Gasteiger partial charge >= 0.3 is 0 Å². The zero-order valence-corrected chi connectivity index (χ0v) is 9.54. The van der Waals surface area contributed by atoms with Crippen LogP contribution in [0, 0.1) is 5.92 Å². The number of methoxy groups -OCH3 is 1. The van der Waals surface area contributed by atoms with Gasteiger partial charge in [0, 0.05) is 26.2 Å². The van der Waals surface area contributed by atoms with Crippen molar-refractivity contribution >= 4 is 0 Å². The second-order valence-corrected chi connectivity index (χ2v) is 5.06. The van der Waals surface area contributed by atoms with E-state index < -0.39 is 0 Å². The molecule has 1 heterocycles. The SMILES string of the molecule is CO[C@@H]1CCN(C2CCC(C)CC2)C1. The molecule has 82 valence electrons. The van der Waals surface area contributed by atoms with Crippen LogP contribution in [0.5, 0.6) is 0 Å². The lowest BCUT2D eigenvalue weighted by molar-refractivity contribution is 0.0924. The normalized spacial score (nSPS) is 40.3. The van der Waals surface area contributed by atoms with Gasteiger partial charge in [0.15, 0.2) is 0 Å². The van der Waals surface area contributed by atoms with Crippen LogP contribution in [0.4, 0.5) is 0 Å². The Morgan fingerprint density at radius 3 is 2.36 bits per heavy atom. The molecule has 0 aromatic carbocycles. The van der Waals surface area contributed by atoms with E-state index >= 15 is 0 Å². The lowest BCUT2D eigenvalue weighted by Gasteiger charge is -2.33. The van der Waals surface area contributed by atoms with E-state index in [1.165, 1.54) is 45.2 Å². The highest BCUT2D eigenvalue weighted by atomic mass is 16.5. The van der Waals surface area contributed by atoms with Crippen LogP contribution in [0.15, 0.2) is 0 Å². The summed E-state index contributed by atoms with van der Waals surface area (Å²) in [5.41, 5.74) is 0. The van der Waals surface area contributed by atoms with Crippen LogP contribution in [0.3, 0.4) is 0 Å². The van der Waals surface area contributed by atoms with E-state index in [0.29, 0.717) is 6.10 Å². The molecule has 0 spiro atoms. The number of ether oxygens (including phenoxy) is 1. The lowest BCUT2D eigenvalue weighted by Crippen LogP contribution is -2.36. The molecule has 0 bridgehead atoms. The zero-order valence-electron chi connectivity index (χ0n) is 9.54. The van der Waals surface area contributed by atoms with Crippen molar-refractivity contribution in [3.8, 4) is 0 Å². The highest BCUT2D eigenvalue weighted by molar-refractivity contribution is 4.84. The summed E-state index contributed by atoms with van der Waals surface area (Å²) in [6, 6.07) is 0.867. The fraction of sp³-hybridized carbons (Fsp3) is 1.00. The summed E-state index contributed by atoms with van der Waals surface area (Å²) in [4.78, 5) is 2.65. The van der Waals surface area contributed by atoms with Gasteiger partial charge in [-0.3, -0.25) is 4.90 Å². The van der Waals surface area contributed by atoms with Crippen molar-refractivity contribution < 1.29 is 4.74 Å². The van der Waals surface area contributed by atoms with Crippen molar-refractivity contribution in [1.29, 1.82) is 0 Å². The van der Waals surface area contributed by atoms with Gasteiger partial charge in [0.2, 0.25) is 0 Å². The van der Waals surface area contributed by atoms with Crippen molar-refractivity contribution in [1.82, 2.24) is 4.90 Å². The molecular weight excluding hydrogens is 174 g/mol. The Labute approximate surface area is 87.6 Å². The molecule has 2 rings (SSSR count). The Kier molecular flexibility index (Phi) is 3.45. The first-order chi connectivity index (χ1) is 6.79. The quantitative estimate of drug-likeness (QED) is 0.673. The van der Waals surface area contributed by atoms with E-state index in [2.05, 4.69) is 11.8 Å². The average molecular weight is 197 g/mol. The predicted molar refractivity (Wildman–Crippen MR) is 58.4 cm³/mol. The highest BCUT2D eigenvalue weighted by Gasteiger charge is 2.30. The predicted octanol–water partition coefficient (Wildman–Crippen LogP) is 2.29. The Balaban J connectivity index is 1.79. The first-order valence-electron chi connectivity index (χ1n) is 6.06. The summed E-state index contributed by atoms with van der Waals surface area (Å²) >= 11 is 0. The molecule has 1 aliphatic carbocycles. The van der Waals surface area contributed by atoms with Gasteiger partial charge in [0.1, 0.15) is 0 Å². The fourth-order valence-electron chi connectivity index (χ4n) is 2.89. The summed E-state index contributed by atoms with van der Waals surface area (Å²) in [6.07, 6.45) is 7.43. The number of hydrogen-bond acceptors (Lipinski definition) is 2. The third-order valence-corrected chi connectivity index (χ3v) is 4.01. The molecule has 1 atom stereocenters. The standard InChI is InChI=1S/C12H23NO/c1-10-3-5-11(6-4-10)13-8-7-12(9-13)14-2/h10-12H,3-9H2,1-2H3/t10?,11?,12-/m1/s1. The molecule has 0 amide bonds. The number of hydrogen-bond donors (Lipinski definition) is 0. The minimum Gasteiger partial charge on any atom is -0.380 e. The summed E-state index contributed by atoms with van der Waals surface area (Å²) < 4.78 is 5.41.